The van der Waals surface area contributed by atoms with E-state index in [1.807, 2.05) is 66.1 Å². The Hall–Kier alpha value is -4.11. The molecule has 0 aliphatic carbocycles. The first-order valence-electron chi connectivity index (χ1n) is 10.4. The summed E-state index contributed by atoms with van der Waals surface area (Å²) in [6.07, 6.45) is 2.24. The monoisotopic (exact) mass is 457 g/mol. The highest BCUT2D eigenvalue weighted by molar-refractivity contribution is 7.18. The number of rotatable bonds is 6. The van der Waals surface area contributed by atoms with Crippen LogP contribution >= 0.6 is 11.3 Å². The van der Waals surface area contributed by atoms with Gasteiger partial charge >= 0.3 is 5.97 Å². The van der Waals surface area contributed by atoms with Crippen molar-refractivity contribution in [3.05, 3.63) is 87.0 Å². The molecule has 0 atom stereocenters. The van der Waals surface area contributed by atoms with E-state index in [2.05, 4.69) is 20.6 Å². The SMILES string of the molecule is CCc1cc2c(=O)c(C(=O)O)cn(Cc3ccc(-c4ccccc4-c4nnn[nH]4)cc3)c2s1. The zero-order chi connectivity index (χ0) is 22.9. The average molecular weight is 458 g/mol. The Bertz CT molecular complexity index is 1520. The third-order valence-corrected chi connectivity index (χ3v) is 6.84. The molecule has 3 aromatic heterocycles. The predicted molar refractivity (Wildman–Crippen MR) is 127 cm³/mol. The van der Waals surface area contributed by atoms with Crippen LogP contribution in [-0.2, 0) is 13.0 Å². The summed E-state index contributed by atoms with van der Waals surface area (Å²) in [6, 6.07) is 17.7. The Balaban J connectivity index is 1.52. The lowest BCUT2D eigenvalue weighted by Crippen LogP contribution is -2.18. The molecule has 0 fully saturated rings. The van der Waals surface area contributed by atoms with Gasteiger partial charge in [0.15, 0.2) is 5.82 Å². The summed E-state index contributed by atoms with van der Waals surface area (Å²) in [6.45, 7) is 2.47. The van der Waals surface area contributed by atoms with Gasteiger partial charge in [0.25, 0.3) is 0 Å². The number of carboxylic acids is 1. The molecule has 5 rings (SSSR count). The van der Waals surface area contributed by atoms with Crippen LogP contribution in [0.2, 0.25) is 0 Å². The number of fused-ring (bicyclic) bond motifs is 1. The quantitative estimate of drug-likeness (QED) is 0.395. The van der Waals surface area contributed by atoms with Gasteiger partial charge in [-0.1, -0.05) is 55.5 Å². The number of pyridine rings is 1. The third-order valence-electron chi connectivity index (χ3n) is 5.52. The van der Waals surface area contributed by atoms with E-state index in [4.69, 9.17) is 0 Å². The molecular formula is C24H19N5O3S. The minimum absolute atomic E-state index is 0.214. The first kappa shape index (κ1) is 20.8. The summed E-state index contributed by atoms with van der Waals surface area (Å²) < 4.78 is 1.85. The first-order valence-corrected chi connectivity index (χ1v) is 11.2. The molecular weight excluding hydrogens is 438 g/mol. The smallest absolute Gasteiger partial charge is 0.341 e. The summed E-state index contributed by atoms with van der Waals surface area (Å²) in [5.41, 5.74) is 3.24. The highest BCUT2D eigenvalue weighted by Crippen LogP contribution is 2.30. The Morgan fingerprint density at radius 3 is 2.55 bits per heavy atom. The Morgan fingerprint density at radius 1 is 1.12 bits per heavy atom. The number of aromatic amines is 1. The van der Waals surface area contributed by atoms with Gasteiger partial charge in [0.05, 0.1) is 5.39 Å². The zero-order valence-corrected chi connectivity index (χ0v) is 18.5. The summed E-state index contributed by atoms with van der Waals surface area (Å²) in [5, 5.41) is 24.1. The van der Waals surface area contributed by atoms with E-state index in [9.17, 15) is 14.7 Å². The second-order valence-electron chi connectivity index (χ2n) is 7.58. The maximum Gasteiger partial charge on any atom is 0.341 e. The van der Waals surface area contributed by atoms with Crippen molar-refractivity contribution in [2.75, 3.05) is 0 Å². The van der Waals surface area contributed by atoms with E-state index in [0.717, 1.165) is 38.4 Å². The lowest BCUT2D eigenvalue weighted by Gasteiger charge is -2.11. The van der Waals surface area contributed by atoms with Gasteiger partial charge in [0.2, 0.25) is 5.43 Å². The number of aromatic carboxylic acids is 1. The maximum atomic E-state index is 12.6. The molecule has 0 saturated carbocycles. The van der Waals surface area contributed by atoms with Crippen LogP contribution in [0, 0.1) is 0 Å². The van der Waals surface area contributed by atoms with Gasteiger partial charge in [0, 0.05) is 23.2 Å². The number of nitrogens with one attached hydrogen (secondary N) is 1. The molecule has 2 N–H and O–H groups in total. The molecule has 9 heteroatoms. The van der Waals surface area contributed by atoms with Gasteiger partial charge in [-0.15, -0.1) is 16.4 Å². The van der Waals surface area contributed by atoms with Crippen molar-refractivity contribution in [2.45, 2.75) is 19.9 Å². The summed E-state index contributed by atoms with van der Waals surface area (Å²) in [4.78, 5) is 26.1. The Labute approximate surface area is 192 Å². The largest absolute Gasteiger partial charge is 0.477 e. The van der Waals surface area contributed by atoms with Crippen molar-refractivity contribution in [1.82, 2.24) is 25.2 Å². The first-order chi connectivity index (χ1) is 16.0. The number of nitrogens with zero attached hydrogens (tertiary/aromatic N) is 4. The topological polar surface area (TPSA) is 114 Å². The normalized spacial score (nSPS) is 11.2. The standard InChI is InChI=1S/C24H19N5O3S/c1-2-16-11-19-21(30)20(24(31)32)13-29(23(19)33-16)12-14-7-9-15(10-8-14)17-5-3-4-6-18(17)22-25-27-28-26-22/h3-11,13H,2,12H2,1H3,(H,31,32)(H,25,26,27,28). The fourth-order valence-electron chi connectivity index (χ4n) is 3.87. The number of carboxylic acid groups (broad SMARTS) is 1. The number of aromatic nitrogens is 5. The third kappa shape index (κ3) is 3.83. The second kappa shape index (κ2) is 8.44. The fourth-order valence-corrected chi connectivity index (χ4v) is 4.94. The zero-order valence-electron chi connectivity index (χ0n) is 17.6. The minimum atomic E-state index is -1.21. The van der Waals surface area contributed by atoms with Gasteiger partial charge in [-0.3, -0.25) is 4.79 Å². The van der Waals surface area contributed by atoms with Crippen LogP contribution in [0.1, 0.15) is 27.7 Å². The van der Waals surface area contributed by atoms with Crippen LogP contribution in [0.3, 0.4) is 0 Å². The predicted octanol–water partition coefficient (Wildman–Crippen LogP) is 4.22. The molecule has 0 spiro atoms. The lowest BCUT2D eigenvalue weighted by atomic mass is 9.98. The molecule has 3 heterocycles. The molecule has 33 heavy (non-hydrogen) atoms. The van der Waals surface area contributed by atoms with E-state index in [0.29, 0.717) is 17.8 Å². The van der Waals surface area contributed by atoms with Crippen LogP contribution in [-0.4, -0.2) is 36.3 Å². The summed E-state index contributed by atoms with van der Waals surface area (Å²) >= 11 is 1.53. The average Bonchev–Trinajstić information content (AvgIpc) is 3.52. The molecule has 0 unspecified atom stereocenters. The number of hydrogen-bond acceptors (Lipinski definition) is 6. The maximum absolute atomic E-state index is 12.6. The van der Waals surface area contributed by atoms with Gasteiger partial charge < -0.3 is 9.67 Å². The molecule has 0 saturated heterocycles. The summed E-state index contributed by atoms with van der Waals surface area (Å²) in [5.74, 6) is -0.621. The van der Waals surface area contributed by atoms with E-state index >= 15 is 0 Å². The van der Waals surface area contributed by atoms with Crippen LogP contribution in [0.5, 0.6) is 0 Å². The Kier molecular flexibility index (Phi) is 5.31. The highest BCUT2D eigenvalue weighted by Gasteiger charge is 2.17. The number of hydrogen-bond donors (Lipinski definition) is 2. The van der Waals surface area contributed by atoms with E-state index < -0.39 is 11.4 Å². The van der Waals surface area contributed by atoms with Crippen LogP contribution < -0.4 is 5.43 Å². The second-order valence-corrected chi connectivity index (χ2v) is 8.70. The van der Waals surface area contributed by atoms with Crippen molar-refractivity contribution in [3.63, 3.8) is 0 Å². The van der Waals surface area contributed by atoms with Crippen LogP contribution in [0.15, 0.2) is 65.6 Å². The molecule has 0 bridgehead atoms. The van der Waals surface area contributed by atoms with Gasteiger partial charge in [-0.25, -0.2) is 9.89 Å². The molecule has 0 aliphatic rings. The van der Waals surface area contributed by atoms with Crippen molar-refractivity contribution in [3.8, 4) is 22.5 Å². The summed E-state index contributed by atoms with van der Waals surface area (Å²) in [7, 11) is 0. The number of benzene rings is 2. The van der Waals surface area contributed by atoms with Crippen molar-refractivity contribution in [1.29, 1.82) is 0 Å². The molecule has 0 aliphatic heterocycles. The van der Waals surface area contributed by atoms with Gasteiger partial charge in [0.1, 0.15) is 10.4 Å². The van der Waals surface area contributed by atoms with Gasteiger partial charge in [-0.2, -0.15) is 0 Å². The van der Waals surface area contributed by atoms with Crippen molar-refractivity contribution >= 4 is 27.5 Å². The molecule has 5 aromatic rings. The molecule has 2 aromatic carbocycles. The molecule has 0 amide bonds. The van der Waals surface area contributed by atoms with Crippen LogP contribution in [0.25, 0.3) is 32.7 Å². The van der Waals surface area contributed by atoms with E-state index in [1.54, 1.807) is 0 Å². The highest BCUT2D eigenvalue weighted by atomic mass is 32.1. The number of H-pyrrole nitrogens is 1. The molecule has 0 radical (unpaired) electrons. The Morgan fingerprint density at radius 2 is 1.88 bits per heavy atom. The van der Waals surface area contributed by atoms with Crippen molar-refractivity contribution in [2.24, 2.45) is 0 Å². The van der Waals surface area contributed by atoms with E-state index in [-0.39, 0.29) is 5.56 Å². The number of thiophene rings is 1. The molecule has 164 valence electrons. The van der Waals surface area contributed by atoms with Crippen molar-refractivity contribution < 1.29 is 9.90 Å². The van der Waals surface area contributed by atoms with Gasteiger partial charge in [-0.05, 0) is 39.6 Å². The number of tetrazole rings is 1. The van der Waals surface area contributed by atoms with Crippen LogP contribution in [0.4, 0.5) is 0 Å². The number of aryl methyl sites for hydroxylation is 1. The minimum Gasteiger partial charge on any atom is -0.477 e. The molecule has 8 nitrogen and oxygen atoms in total. The number of carbonyl (C=O) groups is 1. The fraction of sp³-hybridized carbons (Fsp3) is 0.125. The lowest BCUT2D eigenvalue weighted by molar-refractivity contribution is 0.0695. The van der Waals surface area contributed by atoms with E-state index in [1.165, 1.54) is 17.5 Å².